The van der Waals surface area contributed by atoms with Crippen LogP contribution in [0.4, 0.5) is 0 Å². The Balaban J connectivity index is 0.00000320. The Hall–Kier alpha value is -2.07. The number of furan rings is 1. The van der Waals surface area contributed by atoms with Gasteiger partial charge in [-0.3, -0.25) is 0 Å². The highest BCUT2D eigenvalue weighted by atomic mass is 127. The number of guanidine groups is 1. The summed E-state index contributed by atoms with van der Waals surface area (Å²) in [6, 6.07) is 11.9. The average Bonchev–Trinajstić information content (AvgIpc) is 3.44. The fraction of sp³-hybridized carbons (Fsp3) is 0.364. The van der Waals surface area contributed by atoms with Crippen LogP contribution in [0, 0.1) is 0 Å². The van der Waals surface area contributed by atoms with Crippen LogP contribution in [0.1, 0.15) is 28.1 Å². The topological polar surface area (TPSA) is 71.7 Å². The minimum Gasteiger partial charge on any atom is -0.497 e. The van der Waals surface area contributed by atoms with Gasteiger partial charge in [0.2, 0.25) is 0 Å². The number of thiazole rings is 1. The maximum atomic E-state index is 5.40. The Morgan fingerprint density at radius 2 is 1.90 bits per heavy atom. The molecule has 8 heteroatoms. The van der Waals surface area contributed by atoms with Gasteiger partial charge in [-0.15, -0.1) is 35.3 Å². The molecule has 0 aliphatic carbocycles. The first kappa shape index (κ1) is 24.2. The van der Waals surface area contributed by atoms with Crippen LogP contribution in [0.25, 0.3) is 0 Å². The number of aromatic nitrogens is 1. The highest BCUT2D eigenvalue weighted by Gasteiger charge is 2.04. The quantitative estimate of drug-likeness (QED) is 0.226. The molecule has 0 unspecified atom stereocenters. The number of hydrogen-bond donors (Lipinski definition) is 2. The number of ether oxygens (including phenoxy) is 1. The first-order valence-electron chi connectivity index (χ1n) is 9.88. The zero-order valence-electron chi connectivity index (χ0n) is 17.4. The number of methoxy groups -OCH3 is 1. The van der Waals surface area contributed by atoms with E-state index in [1.807, 2.05) is 42.6 Å². The SMILES string of the molecule is CCc1cnc(CCNC(=NCc2ccc(OC)cc2)NCCc2ccco2)s1.I. The number of aryl methyl sites for hydroxylation is 1. The lowest BCUT2D eigenvalue weighted by molar-refractivity contribution is 0.414. The molecule has 0 saturated heterocycles. The van der Waals surface area contributed by atoms with E-state index < -0.39 is 0 Å². The van der Waals surface area contributed by atoms with E-state index >= 15 is 0 Å². The molecule has 0 aliphatic rings. The van der Waals surface area contributed by atoms with Gasteiger partial charge in [0, 0.05) is 37.0 Å². The summed E-state index contributed by atoms with van der Waals surface area (Å²) in [6.07, 6.45) is 6.40. The third-order valence-electron chi connectivity index (χ3n) is 4.40. The Kier molecular flexibility index (Phi) is 10.7. The summed E-state index contributed by atoms with van der Waals surface area (Å²) in [5.41, 5.74) is 1.13. The number of aliphatic imine (C=N–C) groups is 1. The zero-order chi connectivity index (χ0) is 20.3. The van der Waals surface area contributed by atoms with E-state index in [0.29, 0.717) is 6.54 Å². The van der Waals surface area contributed by atoms with Crippen LogP contribution in [-0.4, -0.2) is 31.1 Å². The Labute approximate surface area is 199 Å². The molecule has 0 radical (unpaired) electrons. The van der Waals surface area contributed by atoms with Gasteiger partial charge in [-0.2, -0.15) is 0 Å². The maximum Gasteiger partial charge on any atom is 0.191 e. The number of hydrogen-bond acceptors (Lipinski definition) is 5. The molecular formula is C22H29IN4O2S. The van der Waals surface area contributed by atoms with E-state index in [2.05, 4.69) is 22.5 Å². The molecule has 6 nitrogen and oxygen atoms in total. The lowest BCUT2D eigenvalue weighted by atomic mass is 10.2. The molecule has 0 atom stereocenters. The van der Waals surface area contributed by atoms with Gasteiger partial charge >= 0.3 is 0 Å². The van der Waals surface area contributed by atoms with Crippen molar-refractivity contribution >= 4 is 41.3 Å². The minimum absolute atomic E-state index is 0. The van der Waals surface area contributed by atoms with Crippen molar-refractivity contribution in [3.63, 3.8) is 0 Å². The molecule has 2 heterocycles. The van der Waals surface area contributed by atoms with Crippen molar-refractivity contribution in [1.29, 1.82) is 0 Å². The van der Waals surface area contributed by atoms with Gasteiger partial charge in [-0.1, -0.05) is 19.1 Å². The van der Waals surface area contributed by atoms with Gasteiger partial charge in [0.15, 0.2) is 5.96 Å². The van der Waals surface area contributed by atoms with Gasteiger partial charge in [0.25, 0.3) is 0 Å². The highest BCUT2D eigenvalue weighted by Crippen LogP contribution is 2.13. The van der Waals surface area contributed by atoms with Crippen molar-refractivity contribution in [2.75, 3.05) is 20.2 Å². The van der Waals surface area contributed by atoms with Crippen LogP contribution < -0.4 is 15.4 Å². The molecule has 2 aromatic heterocycles. The smallest absolute Gasteiger partial charge is 0.191 e. The van der Waals surface area contributed by atoms with Crippen LogP contribution in [0.2, 0.25) is 0 Å². The molecule has 0 saturated carbocycles. The molecule has 0 amide bonds. The van der Waals surface area contributed by atoms with Crippen LogP contribution in [0.15, 0.2) is 58.3 Å². The zero-order valence-corrected chi connectivity index (χ0v) is 20.5. The number of halogens is 1. The molecule has 0 aliphatic heterocycles. The standard InChI is InChI=1S/C22H28N4O2S.HI/c1-3-20-16-25-21(29-20)11-13-24-22(23-12-10-19-5-4-14-28-19)26-15-17-6-8-18(27-2)9-7-17;/h4-9,14,16H,3,10-13,15H2,1-2H3,(H2,23,24,26);1H. The molecule has 2 N–H and O–H groups in total. The molecule has 3 aromatic rings. The molecule has 162 valence electrons. The summed E-state index contributed by atoms with van der Waals surface area (Å²) in [7, 11) is 1.67. The van der Waals surface area contributed by atoms with Gasteiger partial charge < -0.3 is 19.8 Å². The fourth-order valence-electron chi connectivity index (χ4n) is 2.75. The number of rotatable bonds is 10. The van der Waals surface area contributed by atoms with Gasteiger partial charge in [0.1, 0.15) is 11.5 Å². The molecule has 0 spiro atoms. The van der Waals surface area contributed by atoms with Crippen LogP contribution in [-0.2, 0) is 25.8 Å². The first-order valence-corrected chi connectivity index (χ1v) is 10.7. The van der Waals surface area contributed by atoms with Crippen LogP contribution in [0.5, 0.6) is 5.75 Å². The summed E-state index contributed by atoms with van der Waals surface area (Å²) in [4.78, 5) is 10.5. The van der Waals surface area contributed by atoms with Gasteiger partial charge in [-0.05, 0) is 36.2 Å². The van der Waals surface area contributed by atoms with E-state index in [9.17, 15) is 0 Å². The van der Waals surface area contributed by atoms with E-state index in [1.54, 1.807) is 24.7 Å². The normalized spacial score (nSPS) is 11.1. The number of nitrogens with zero attached hydrogens (tertiary/aromatic N) is 2. The van der Waals surface area contributed by atoms with Crippen molar-refractivity contribution in [2.24, 2.45) is 4.99 Å². The third-order valence-corrected chi connectivity index (χ3v) is 5.61. The predicted molar refractivity (Wildman–Crippen MR) is 133 cm³/mol. The second-order valence-electron chi connectivity index (χ2n) is 6.52. The molecule has 3 rings (SSSR count). The molecule has 0 fully saturated rings. The first-order chi connectivity index (χ1) is 14.3. The van der Waals surface area contributed by atoms with Crippen LogP contribution in [0.3, 0.4) is 0 Å². The van der Waals surface area contributed by atoms with E-state index in [-0.39, 0.29) is 24.0 Å². The van der Waals surface area contributed by atoms with Crippen molar-refractivity contribution in [2.45, 2.75) is 32.7 Å². The van der Waals surface area contributed by atoms with Gasteiger partial charge in [0.05, 0.1) is 24.9 Å². The highest BCUT2D eigenvalue weighted by molar-refractivity contribution is 14.0. The second-order valence-corrected chi connectivity index (χ2v) is 7.72. The van der Waals surface area contributed by atoms with Crippen molar-refractivity contribution < 1.29 is 9.15 Å². The Bertz CT molecular complexity index is 879. The van der Waals surface area contributed by atoms with Crippen molar-refractivity contribution in [1.82, 2.24) is 15.6 Å². The summed E-state index contributed by atoms with van der Waals surface area (Å²) in [6.45, 7) is 4.28. The van der Waals surface area contributed by atoms with E-state index in [4.69, 9.17) is 14.1 Å². The van der Waals surface area contributed by atoms with Crippen molar-refractivity contribution in [3.8, 4) is 5.75 Å². The number of nitrogens with one attached hydrogen (secondary N) is 2. The minimum atomic E-state index is 0. The second kappa shape index (κ2) is 13.3. The van der Waals surface area contributed by atoms with E-state index in [1.165, 1.54) is 4.88 Å². The lowest BCUT2D eigenvalue weighted by Gasteiger charge is -2.12. The number of benzene rings is 1. The third kappa shape index (κ3) is 7.98. The summed E-state index contributed by atoms with van der Waals surface area (Å²) < 4.78 is 10.6. The van der Waals surface area contributed by atoms with Gasteiger partial charge in [-0.25, -0.2) is 9.98 Å². The summed E-state index contributed by atoms with van der Waals surface area (Å²) in [5, 5.41) is 7.96. The average molecular weight is 540 g/mol. The summed E-state index contributed by atoms with van der Waals surface area (Å²) in [5.74, 6) is 2.60. The Morgan fingerprint density at radius 3 is 2.53 bits per heavy atom. The maximum absolute atomic E-state index is 5.40. The lowest BCUT2D eigenvalue weighted by Crippen LogP contribution is -2.39. The largest absolute Gasteiger partial charge is 0.497 e. The summed E-state index contributed by atoms with van der Waals surface area (Å²) >= 11 is 1.78. The van der Waals surface area contributed by atoms with Crippen molar-refractivity contribution in [3.05, 3.63) is 70.1 Å². The van der Waals surface area contributed by atoms with E-state index in [0.717, 1.165) is 60.4 Å². The molecule has 0 bridgehead atoms. The van der Waals surface area contributed by atoms with Crippen LogP contribution >= 0.6 is 35.3 Å². The fourth-order valence-corrected chi connectivity index (χ4v) is 3.61. The Morgan fingerprint density at radius 1 is 1.13 bits per heavy atom. The molecule has 1 aromatic carbocycles. The molecular weight excluding hydrogens is 511 g/mol. The molecule has 30 heavy (non-hydrogen) atoms. The monoisotopic (exact) mass is 540 g/mol. The predicted octanol–water partition coefficient (Wildman–Crippen LogP) is 4.45.